The molecule has 1 aliphatic heterocycles. The molecule has 1 atom stereocenters. The van der Waals surface area contributed by atoms with Crippen LogP contribution in [0, 0.1) is 5.92 Å². The number of anilines is 1. The van der Waals surface area contributed by atoms with Gasteiger partial charge in [0, 0.05) is 17.5 Å². The molecule has 0 fully saturated rings. The Kier molecular flexibility index (Phi) is 7.07. The monoisotopic (exact) mass is 537 g/mol. The van der Waals surface area contributed by atoms with E-state index in [1.165, 1.54) is 11.2 Å². The van der Waals surface area contributed by atoms with E-state index in [4.69, 9.17) is 0 Å². The fraction of sp³-hybridized carbons (Fsp3) is 0.0588. The molecule has 7 nitrogen and oxygen atoms in total. The molecule has 0 aliphatic carbocycles. The molecule has 2 heterocycles. The Bertz CT molecular complexity index is 1680. The molecule has 41 heavy (non-hydrogen) atoms. The maximum Gasteiger partial charge on any atom is 0.271 e. The summed E-state index contributed by atoms with van der Waals surface area (Å²) in [7, 11) is 0. The molecule has 1 aliphatic rings. The molecular weight excluding hydrogens is 510 g/mol. The van der Waals surface area contributed by atoms with Crippen LogP contribution in [0.25, 0.3) is 28.2 Å². The van der Waals surface area contributed by atoms with Gasteiger partial charge in [-0.2, -0.15) is 15.2 Å². The molecule has 200 valence electrons. The van der Waals surface area contributed by atoms with Gasteiger partial charge in [0.25, 0.3) is 11.8 Å². The molecule has 0 spiro atoms. The molecule has 0 saturated heterocycles. The van der Waals surface area contributed by atoms with E-state index in [0.717, 1.165) is 28.2 Å². The van der Waals surface area contributed by atoms with Gasteiger partial charge < -0.3 is 4.57 Å². The van der Waals surface area contributed by atoms with Gasteiger partial charge in [0.05, 0.1) is 22.8 Å². The molecule has 6 rings (SSSR count). The van der Waals surface area contributed by atoms with Crippen molar-refractivity contribution in [3.8, 4) is 28.2 Å². The zero-order chi connectivity index (χ0) is 28.2. The van der Waals surface area contributed by atoms with Crippen LogP contribution in [0.5, 0.6) is 0 Å². The third-order valence-electron chi connectivity index (χ3n) is 6.98. The van der Waals surface area contributed by atoms with Gasteiger partial charge in [0.2, 0.25) is 0 Å². The topological polar surface area (TPSA) is 79.1 Å². The summed E-state index contributed by atoms with van der Waals surface area (Å²) in [4.78, 5) is 25.8. The van der Waals surface area contributed by atoms with Gasteiger partial charge in [0.15, 0.2) is 0 Å². The van der Waals surface area contributed by atoms with E-state index >= 15 is 0 Å². The number of benzene rings is 4. The molecule has 7 heteroatoms. The number of hydrazone groups is 2. The third kappa shape index (κ3) is 5.21. The fourth-order valence-corrected chi connectivity index (χ4v) is 4.89. The quantitative estimate of drug-likeness (QED) is 0.188. The van der Waals surface area contributed by atoms with Crippen molar-refractivity contribution in [1.82, 2.24) is 9.99 Å². The van der Waals surface area contributed by atoms with Gasteiger partial charge in [-0.15, -0.1) is 0 Å². The lowest BCUT2D eigenvalue weighted by Gasteiger charge is -2.15. The van der Waals surface area contributed by atoms with E-state index in [0.29, 0.717) is 17.0 Å². The number of para-hydroxylation sites is 1. The van der Waals surface area contributed by atoms with E-state index in [-0.39, 0.29) is 11.8 Å². The van der Waals surface area contributed by atoms with Crippen LogP contribution in [0.1, 0.15) is 17.3 Å². The summed E-state index contributed by atoms with van der Waals surface area (Å²) in [6, 6.07) is 41.3. The second-order valence-electron chi connectivity index (χ2n) is 9.64. The number of hydrogen-bond donors (Lipinski definition) is 1. The molecule has 0 unspecified atom stereocenters. The Morgan fingerprint density at radius 1 is 0.732 bits per heavy atom. The summed E-state index contributed by atoms with van der Waals surface area (Å²) in [5.41, 5.74) is 9.51. The lowest BCUT2D eigenvalue weighted by molar-refractivity contribution is -0.118. The molecule has 1 N–H and O–H groups in total. The van der Waals surface area contributed by atoms with E-state index in [9.17, 15) is 9.59 Å². The first kappa shape index (κ1) is 25.7. The summed E-state index contributed by atoms with van der Waals surface area (Å²) in [6.45, 7) is 1.77. The minimum atomic E-state index is -0.639. The lowest BCUT2D eigenvalue weighted by atomic mass is 10.1. The molecule has 0 saturated carbocycles. The Hall–Kier alpha value is -5.56. The minimum Gasteiger partial charge on any atom is -0.309 e. The maximum atomic E-state index is 12.9. The van der Waals surface area contributed by atoms with Gasteiger partial charge in [-0.05, 0) is 66.6 Å². The average Bonchev–Trinajstić information content (AvgIpc) is 3.59. The number of amides is 2. The fourth-order valence-electron chi connectivity index (χ4n) is 4.89. The zero-order valence-corrected chi connectivity index (χ0v) is 22.4. The number of aromatic nitrogens is 1. The maximum absolute atomic E-state index is 12.9. The van der Waals surface area contributed by atoms with Crippen molar-refractivity contribution in [2.45, 2.75) is 6.92 Å². The molecule has 0 bridgehead atoms. The van der Waals surface area contributed by atoms with Crippen LogP contribution in [0.2, 0.25) is 0 Å². The molecule has 5 aromatic rings. The van der Waals surface area contributed by atoms with Gasteiger partial charge in [-0.3, -0.25) is 9.59 Å². The lowest BCUT2D eigenvalue weighted by Crippen LogP contribution is -2.29. The zero-order valence-electron chi connectivity index (χ0n) is 22.4. The Labute approximate surface area is 238 Å². The highest BCUT2D eigenvalue weighted by molar-refractivity contribution is 6.23. The van der Waals surface area contributed by atoms with Crippen molar-refractivity contribution in [2.24, 2.45) is 16.1 Å². The van der Waals surface area contributed by atoms with Crippen molar-refractivity contribution in [2.75, 3.05) is 5.01 Å². The number of nitrogens with zero attached hydrogens (tertiary/aromatic N) is 4. The van der Waals surface area contributed by atoms with Crippen LogP contribution in [0.4, 0.5) is 5.69 Å². The van der Waals surface area contributed by atoms with E-state index in [1.54, 1.807) is 19.1 Å². The predicted octanol–water partition coefficient (Wildman–Crippen LogP) is 6.57. The Morgan fingerprint density at radius 3 is 1.83 bits per heavy atom. The molecule has 0 radical (unpaired) electrons. The van der Waals surface area contributed by atoms with Gasteiger partial charge >= 0.3 is 0 Å². The number of carbonyl (C=O) groups is 2. The minimum absolute atomic E-state index is 0.216. The summed E-state index contributed by atoms with van der Waals surface area (Å²) in [5.74, 6) is -1.22. The standard InChI is InChI=1S/C34H27N5O2/c1-24-30(34(41)39(37-24)29-15-9-4-10-16-29)23-35-36-33(40)27-17-19-28(20-18-27)38-31(25-11-5-2-6-12-25)21-22-32(38)26-13-7-3-8-14-26/h2-23,30H,1H3,(H,36,40)/b35-23-/t30-/m1/s1. The molecule has 2 amide bonds. The first-order chi connectivity index (χ1) is 20.1. The van der Waals surface area contributed by atoms with Crippen molar-refractivity contribution >= 4 is 29.4 Å². The van der Waals surface area contributed by atoms with Crippen LogP contribution < -0.4 is 10.4 Å². The van der Waals surface area contributed by atoms with E-state index in [1.807, 2.05) is 78.9 Å². The van der Waals surface area contributed by atoms with Crippen LogP contribution in [-0.4, -0.2) is 28.3 Å². The number of rotatable bonds is 7. The average molecular weight is 538 g/mol. The van der Waals surface area contributed by atoms with Gasteiger partial charge in [0.1, 0.15) is 5.92 Å². The molecular formula is C34H27N5O2. The van der Waals surface area contributed by atoms with Crippen molar-refractivity contribution in [1.29, 1.82) is 0 Å². The summed E-state index contributed by atoms with van der Waals surface area (Å²) in [5, 5.41) is 9.81. The second-order valence-corrected chi connectivity index (χ2v) is 9.64. The van der Waals surface area contributed by atoms with E-state index in [2.05, 4.69) is 56.6 Å². The Morgan fingerprint density at radius 2 is 1.27 bits per heavy atom. The highest BCUT2D eigenvalue weighted by atomic mass is 16.2. The van der Waals surface area contributed by atoms with Crippen LogP contribution >= 0.6 is 0 Å². The SMILES string of the molecule is CC1=NN(c2ccccc2)C(=O)[C@@H]1/C=N\NC(=O)c1ccc(-n2c(-c3ccccc3)ccc2-c2ccccc2)cc1. The van der Waals surface area contributed by atoms with Crippen LogP contribution in [-0.2, 0) is 4.79 Å². The van der Waals surface area contributed by atoms with E-state index < -0.39 is 5.92 Å². The van der Waals surface area contributed by atoms with Crippen LogP contribution in [0.15, 0.2) is 138 Å². The predicted molar refractivity (Wildman–Crippen MR) is 163 cm³/mol. The van der Waals surface area contributed by atoms with Gasteiger partial charge in [-0.1, -0.05) is 78.9 Å². The summed E-state index contributed by atoms with van der Waals surface area (Å²) >= 11 is 0. The van der Waals surface area contributed by atoms with Gasteiger partial charge in [-0.25, -0.2) is 5.43 Å². The number of carbonyl (C=O) groups excluding carboxylic acids is 2. The van der Waals surface area contributed by atoms with Crippen LogP contribution in [0.3, 0.4) is 0 Å². The first-order valence-electron chi connectivity index (χ1n) is 13.3. The smallest absolute Gasteiger partial charge is 0.271 e. The van der Waals surface area contributed by atoms with Crippen molar-refractivity contribution < 1.29 is 9.59 Å². The number of nitrogens with one attached hydrogen (secondary N) is 1. The summed E-state index contributed by atoms with van der Waals surface area (Å²) in [6.07, 6.45) is 1.43. The van der Waals surface area contributed by atoms with Crippen molar-refractivity contribution in [3.05, 3.63) is 133 Å². The molecule has 1 aromatic heterocycles. The summed E-state index contributed by atoms with van der Waals surface area (Å²) < 4.78 is 2.19. The highest BCUT2D eigenvalue weighted by Crippen LogP contribution is 2.32. The second kappa shape index (κ2) is 11.3. The number of hydrogen-bond acceptors (Lipinski definition) is 4. The normalized spacial score (nSPS) is 14.9. The third-order valence-corrected chi connectivity index (χ3v) is 6.98. The highest BCUT2D eigenvalue weighted by Gasteiger charge is 2.33. The first-order valence-corrected chi connectivity index (χ1v) is 13.3. The largest absolute Gasteiger partial charge is 0.309 e. The van der Waals surface area contributed by atoms with Crippen molar-refractivity contribution in [3.63, 3.8) is 0 Å². The Balaban J connectivity index is 1.20. The molecule has 4 aromatic carbocycles.